The van der Waals surface area contributed by atoms with E-state index in [2.05, 4.69) is 0 Å². The van der Waals surface area contributed by atoms with Gasteiger partial charge in [0.2, 0.25) is 5.91 Å². The molecule has 2 amide bonds. The van der Waals surface area contributed by atoms with Gasteiger partial charge in [0.1, 0.15) is 0 Å². The van der Waals surface area contributed by atoms with E-state index in [-0.39, 0.29) is 25.5 Å². The van der Waals surface area contributed by atoms with Gasteiger partial charge in [-0.05, 0) is 42.3 Å². The van der Waals surface area contributed by atoms with E-state index in [0.29, 0.717) is 28.4 Å². The van der Waals surface area contributed by atoms with Gasteiger partial charge in [0.25, 0.3) is 5.91 Å². The third-order valence-corrected chi connectivity index (χ3v) is 6.58. The lowest BCUT2D eigenvalue weighted by Gasteiger charge is -2.39. The number of aliphatic hydroxyl groups is 2. The van der Waals surface area contributed by atoms with Crippen molar-refractivity contribution in [2.45, 2.75) is 45.1 Å². The third kappa shape index (κ3) is 4.57. The number of fused-ring (bicyclic) bond motifs is 1. The Kier molecular flexibility index (Phi) is 6.98. The van der Waals surface area contributed by atoms with Crippen LogP contribution in [-0.2, 0) is 31.3 Å². The summed E-state index contributed by atoms with van der Waals surface area (Å²) in [5.74, 6) is -1.69. The van der Waals surface area contributed by atoms with Gasteiger partial charge in [0, 0.05) is 35.7 Å². The van der Waals surface area contributed by atoms with E-state index in [1.807, 2.05) is 6.07 Å². The standard InChI is InChI=1S/C26H27ClN2O6/c1-16(6-3-4-11-30)26(34)21-13-19(27)9-10-22(21)28(25(26)33)15-18-7-5-8-20(12-18)29-23(32)14-24(29)35-17(2)31/h3,5-10,12-13,16,24,30,34H,4,11,14-15H2,1-2H3/b6-3+/t16-,24?,26+/m0/s1. The lowest BCUT2D eigenvalue weighted by atomic mass is 9.83. The maximum absolute atomic E-state index is 13.6. The van der Waals surface area contributed by atoms with Gasteiger partial charge in [-0.1, -0.05) is 42.8 Å². The van der Waals surface area contributed by atoms with E-state index in [1.54, 1.807) is 55.5 Å². The van der Waals surface area contributed by atoms with Gasteiger partial charge in [-0.25, -0.2) is 0 Å². The highest BCUT2D eigenvalue weighted by Gasteiger charge is 2.52. The minimum atomic E-state index is -1.82. The molecule has 1 saturated heterocycles. The summed E-state index contributed by atoms with van der Waals surface area (Å²) in [6, 6.07) is 12.0. The maximum atomic E-state index is 13.6. The van der Waals surface area contributed by atoms with Crippen LogP contribution in [0.3, 0.4) is 0 Å². The van der Waals surface area contributed by atoms with E-state index in [4.69, 9.17) is 21.4 Å². The fourth-order valence-corrected chi connectivity index (χ4v) is 4.73. The van der Waals surface area contributed by atoms with Crippen LogP contribution in [0.4, 0.5) is 11.4 Å². The number of rotatable bonds is 8. The number of hydrogen-bond donors (Lipinski definition) is 2. The molecule has 0 radical (unpaired) electrons. The Morgan fingerprint density at radius 2 is 2.06 bits per heavy atom. The number of nitrogens with zero attached hydrogens (tertiary/aromatic N) is 2. The molecule has 0 aliphatic carbocycles. The highest BCUT2D eigenvalue weighted by atomic mass is 35.5. The van der Waals surface area contributed by atoms with Crippen molar-refractivity contribution in [1.82, 2.24) is 0 Å². The second-order valence-electron chi connectivity index (χ2n) is 8.75. The first kappa shape index (κ1) is 24.9. The summed E-state index contributed by atoms with van der Waals surface area (Å²) in [5, 5.41) is 21.1. The molecule has 2 aliphatic heterocycles. The summed E-state index contributed by atoms with van der Waals surface area (Å²) < 4.78 is 5.20. The summed E-state index contributed by atoms with van der Waals surface area (Å²) in [6.45, 7) is 3.15. The van der Waals surface area contributed by atoms with Crippen LogP contribution >= 0.6 is 11.6 Å². The highest BCUT2D eigenvalue weighted by Crippen LogP contribution is 2.47. The molecular weight excluding hydrogens is 472 g/mol. The first-order valence-electron chi connectivity index (χ1n) is 11.4. The molecule has 2 aliphatic rings. The van der Waals surface area contributed by atoms with Crippen molar-refractivity contribution in [3.8, 4) is 0 Å². The monoisotopic (exact) mass is 498 g/mol. The van der Waals surface area contributed by atoms with Crippen LogP contribution in [0.1, 0.15) is 37.8 Å². The number of benzene rings is 2. The third-order valence-electron chi connectivity index (χ3n) is 6.35. The Hall–Kier alpha value is -3.20. The number of β-lactam (4-membered cyclic amide) rings is 1. The van der Waals surface area contributed by atoms with Gasteiger partial charge >= 0.3 is 5.97 Å². The fourth-order valence-electron chi connectivity index (χ4n) is 4.56. The van der Waals surface area contributed by atoms with Gasteiger partial charge in [0.15, 0.2) is 11.8 Å². The number of aliphatic hydroxyl groups excluding tert-OH is 1. The Bertz CT molecular complexity index is 1200. The molecule has 0 aromatic heterocycles. The van der Waals surface area contributed by atoms with Crippen LogP contribution in [0.5, 0.6) is 0 Å². The maximum Gasteiger partial charge on any atom is 0.304 e. The SMILES string of the molecule is CC(=O)OC1CC(=O)N1c1cccc(CN2C(=O)[C@@](O)([C@@H](C)/C=C/CCO)c3cc(Cl)ccc32)c1. The van der Waals surface area contributed by atoms with E-state index >= 15 is 0 Å². The van der Waals surface area contributed by atoms with Gasteiger partial charge in [0.05, 0.1) is 18.7 Å². The van der Waals surface area contributed by atoms with Gasteiger partial charge < -0.3 is 19.8 Å². The zero-order chi connectivity index (χ0) is 25.3. The number of amides is 2. The second kappa shape index (κ2) is 9.81. The summed E-state index contributed by atoms with van der Waals surface area (Å²) in [7, 11) is 0. The van der Waals surface area contributed by atoms with Crippen molar-refractivity contribution in [3.63, 3.8) is 0 Å². The minimum absolute atomic E-state index is 0.0295. The molecule has 0 saturated carbocycles. The molecule has 184 valence electrons. The van der Waals surface area contributed by atoms with E-state index < -0.39 is 29.6 Å². The lowest BCUT2D eigenvalue weighted by molar-refractivity contribution is -0.153. The van der Waals surface area contributed by atoms with E-state index in [0.717, 1.165) is 5.56 Å². The zero-order valence-corrected chi connectivity index (χ0v) is 20.2. The van der Waals surface area contributed by atoms with E-state index in [9.17, 15) is 19.5 Å². The molecule has 1 fully saturated rings. The predicted octanol–water partition coefficient (Wildman–Crippen LogP) is 3.28. The molecule has 0 bridgehead atoms. The van der Waals surface area contributed by atoms with Crippen molar-refractivity contribution >= 4 is 40.8 Å². The number of carbonyl (C=O) groups is 3. The molecule has 4 rings (SSSR count). The first-order valence-corrected chi connectivity index (χ1v) is 11.7. The Labute approximate surface area is 208 Å². The largest absolute Gasteiger partial charge is 0.441 e. The minimum Gasteiger partial charge on any atom is -0.441 e. The Balaban J connectivity index is 1.64. The van der Waals surface area contributed by atoms with Crippen LogP contribution in [0.2, 0.25) is 5.02 Å². The molecule has 35 heavy (non-hydrogen) atoms. The van der Waals surface area contributed by atoms with Gasteiger partial charge in [-0.2, -0.15) is 0 Å². The first-order chi connectivity index (χ1) is 16.7. The van der Waals surface area contributed by atoms with Crippen LogP contribution in [0.25, 0.3) is 0 Å². The highest BCUT2D eigenvalue weighted by molar-refractivity contribution is 6.31. The molecular formula is C26H27ClN2O6. The molecule has 8 nitrogen and oxygen atoms in total. The average molecular weight is 499 g/mol. The average Bonchev–Trinajstić information content (AvgIpc) is 3.01. The van der Waals surface area contributed by atoms with Crippen LogP contribution in [0, 0.1) is 5.92 Å². The molecule has 2 N–H and O–H groups in total. The fraction of sp³-hybridized carbons (Fsp3) is 0.346. The lowest BCUT2D eigenvalue weighted by Crippen LogP contribution is -2.54. The molecule has 9 heteroatoms. The summed E-state index contributed by atoms with van der Waals surface area (Å²) in [6.07, 6.45) is 3.33. The number of esters is 1. The normalized spacial score (nSPS) is 22.4. The van der Waals surface area contributed by atoms with Gasteiger partial charge in [-0.3, -0.25) is 19.3 Å². The summed E-state index contributed by atoms with van der Waals surface area (Å²) in [4.78, 5) is 40.1. The predicted molar refractivity (Wildman–Crippen MR) is 131 cm³/mol. The smallest absolute Gasteiger partial charge is 0.304 e. The number of carbonyl (C=O) groups excluding carboxylic acids is 3. The van der Waals surface area contributed by atoms with Gasteiger partial charge in [-0.15, -0.1) is 0 Å². The van der Waals surface area contributed by atoms with E-state index in [1.165, 1.54) is 16.7 Å². The molecule has 0 spiro atoms. The van der Waals surface area contributed by atoms with Crippen LogP contribution in [0.15, 0.2) is 54.6 Å². The number of ether oxygens (including phenoxy) is 1. The van der Waals surface area contributed by atoms with Crippen molar-refractivity contribution in [2.75, 3.05) is 16.4 Å². The molecule has 2 heterocycles. The molecule has 1 unspecified atom stereocenters. The molecule has 2 aromatic rings. The van der Waals surface area contributed by atoms with Crippen molar-refractivity contribution in [1.29, 1.82) is 0 Å². The number of halogens is 1. The van der Waals surface area contributed by atoms with Crippen LogP contribution in [-0.4, -0.2) is 40.8 Å². The summed E-state index contributed by atoms with van der Waals surface area (Å²) >= 11 is 6.21. The second-order valence-corrected chi connectivity index (χ2v) is 9.19. The van der Waals surface area contributed by atoms with Crippen LogP contribution < -0.4 is 9.80 Å². The number of hydrogen-bond acceptors (Lipinski definition) is 6. The Morgan fingerprint density at radius 1 is 1.29 bits per heavy atom. The van der Waals surface area contributed by atoms with Crippen molar-refractivity contribution in [3.05, 3.63) is 70.8 Å². The Morgan fingerprint density at radius 3 is 2.74 bits per heavy atom. The summed E-state index contributed by atoms with van der Waals surface area (Å²) in [5.41, 5.74) is 0.430. The zero-order valence-electron chi connectivity index (χ0n) is 19.5. The van der Waals surface area contributed by atoms with Crippen molar-refractivity contribution < 1.29 is 29.3 Å². The van der Waals surface area contributed by atoms with Crippen molar-refractivity contribution in [2.24, 2.45) is 5.92 Å². The number of anilines is 2. The molecule has 3 atom stereocenters. The topological polar surface area (TPSA) is 107 Å². The molecule has 2 aromatic carbocycles. The quantitative estimate of drug-likeness (QED) is 0.328.